The molecule has 0 heterocycles. The SMILES string of the molecule is CCOC(=O)[C@@](C)(N)Cc1ccccc1C. The van der Waals surface area contributed by atoms with Crippen molar-refractivity contribution in [1.29, 1.82) is 0 Å². The first-order valence-corrected chi connectivity index (χ1v) is 5.48. The van der Waals surface area contributed by atoms with Crippen LogP contribution in [-0.2, 0) is 16.0 Å². The summed E-state index contributed by atoms with van der Waals surface area (Å²) in [6.07, 6.45) is 0.499. The summed E-state index contributed by atoms with van der Waals surface area (Å²) in [6, 6.07) is 7.91. The van der Waals surface area contributed by atoms with Crippen molar-refractivity contribution in [3.8, 4) is 0 Å². The lowest BCUT2D eigenvalue weighted by molar-refractivity contribution is -0.148. The summed E-state index contributed by atoms with van der Waals surface area (Å²) in [4.78, 5) is 11.6. The number of esters is 1. The van der Waals surface area contributed by atoms with Crippen LogP contribution in [0.25, 0.3) is 0 Å². The Morgan fingerprint density at radius 1 is 1.44 bits per heavy atom. The summed E-state index contributed by atoms with van der Waals surface area (Å²) < 4.78 is 4.95. The number of carbonyl (C=O) groups is 1. The third kappa shape index (κ3) is 3.07. The van der Waals surface area contributed by atoms with E-state index in [0.29, 0.717) is 13.0 Å². The van der Waals surface area contributed by atoms with Crippen LogP contribution in [0.4, 0.5) is 0 Å². The largest absolute Gasteiger partial charge is 0.465 e. The van der Waals surface area contributed by atoms with E-state index < -0.39 is 5.54 Å². The summed E-state index contributed by atoms with van der Waals surface area (Å²) in [5, 5.41) is 0. The molecular weight excluding hydrogens is 202 g/mol. The van der Waals surface area contributed by atoms with Gasteiger partial charge in [0.15, 0.2) is 0 Å². The molecule has 1 rings (SSSR count). The Kier molecular flexibility index (Phi) is 4.07. The Hall–Kier alpha value is -1.35. The minimum Gasteiger partial charge on any atom is -0.465 e. The van der Waals surface area contributed by atoms with Crippen molar-refractivity contribution >= 4 is 5.97 Å². The zero-order valence-electron chi connectivity index (χ0n) is 10.1. The fourth-order valence-electron chi connectivity index (χ4n) is 1.57. The van der Waals surface area contributed by atoms with Gasteiger partial charge in [0.1, 0.15) is 5.54 Å². The second-order valence-electron chi connectivity index (χ2n) is 4.24. The lowest BCUT2D eigenvalue weighted by atomic mass is 9.92. The third-order valence-corrected chi connectivity index (χ3v) is 2.56. The van der Waals surface area contributed by atoms with Gasteiger partial charge in [0.05, 0.1) is 6.61 Å². The van der Waals surface area contributed by atoms with Crippen molar-refractivity contribution in [3.05, 3.63) is 35.4 Å². The average molecular weight is 221 g/mol. The zero-order chi connectivity index (χ0) is 12.2. The van der Waals surface area contributed by atoms with Crippen LogP contribution in [0, 0.1) is 6.92 Å². The summed E-state index contributed by atoms with van der Waals surface area (Å²) in [7, 11) is 0. The fraction of sp³-hybridized carbons (Fsp3) is 0.462. The van der Waals surface area contributed by atoms with Crippen molar-refractivity contribution < 1.29 is 9.53 Å². The first-order chi connectivity index (χ1) is 7.47. The second kappa shape index (κ2) is 5.12. The van der Waals surface area contributed by atoms with Crippen LogP contribution < -0.4 is 5.73 Å². The van der Waals surface area contributed by atoms with Gasteiger partial charge >= 0.3 is 5.97 Å². The number of nitrogens with two attached hydrogens (primary N) is 1. The maximum absolute atomic E-state index is 11.6. The standard InChI is InChI=1S/C13H19NO2/c1-4-16-12(15)13(3,14)9-11-8-6-5-7-10(11)2/h5-8H,4,9,14H2,1-3H3/t13-/m0/s1. The van der Waals surface area contributed by atoms with Gasteiger partial charge < -0.3 is 10.5 Å². The molecule has 0 saturated heterocycles. The molecule has 0 amide bonds. The summed E-state index contributed by atoms with van der Waals surface area (Å²) in [5.41, 5.74) is 7.24. The number of aryl methyl sites for hydroxylation is 1. The number of ether oxygens (including phenoxy) is 1. The van der Waals surface area contributed by atoms with E-state index in [-0.39, 0.29) is 5.97 Å². The molecule has 88 valence electrons. The van der Waals surface area contributed by atoms with E-state index in [1.807, 2.05) is 31.2 Å². The van der Waals surface area contributed by atoms with Crippen LogP contribution in [0.5, 0.6) is 0 Å². The zero-order valence-corrected chi connectivity index (χ0v) is 10.1. The van der Waals surface area contributed by atoms with Crippen molar-refractivity contribution in [2.24, 2.45) is 5.73 Å². The number of rotatable bonds is 4. The molecule has 0 fully saturated rings. The van der Waals surface area contributed by atoms with Gasteiger partial charge in [0.25, 0.3) is 0 Å². The molecule has 1 atom stereocenters. The lowest BCUT2D eigenvalue weighted by Gasteiger charge is -2.23. The Bertz CT molecular complexity index is 372. The molecule has 2 N–H and O–H groups in total. The van der Waals surface area contributed by atoms with Gasteiger partial charge in [0, 0.05) is 6.42 Å². The van der Waals surface area contributed by atoms with Crippen molar-refractivity contribution in [2.45, 2.75) is 32.7 Å². The summed E-state index contributed by atoms with van der Waals surface area (Å²) in [5.74, 6) is -0.349. The minimum absolute atomic E-state index is 0.349. The van der Waals surface area contributed by atoms with Crippen molar-refractivity contribution in [2.75, 3.05) is 6.61 Å². The van der Waals surface area contributed by atoms with Crippen LogP contribution in [0.15, 0.2) is 24.3 Å². The fourth-order valence-corrected chi connectivity index (χ4v) is 1.57. The third-order valence-electron chi connectivity index (χ3n) is 2.56. The Labute approximate surface area is 96.6 Å². The smallest absolute Gasteiger partial charge is 0.326 e. The van der Waals surface area contributed by atoms with Gasteiger partial charge in [-0.25, -0.2) is 0 Å². The van der Waals surface area contributed by atoms with Gasteiger partial charge in [-0.2, -0.15) is 0 Å². The number of benzene rings is 1. The molecule has 16 heavy (non-hydrogen) atoms. The first kappa shape index (κ1) is 12.7. The molecule has 0 bridgehead atoms. The quantitative estimate of drug-likeness (QED) is 0.789. The molecule has 3 nitrogen and oxygen atoms in total. The predicted molar refractivity (Wildman–Crippen MR) is 64.1 cm³/mol. The van der Waals surface area contributed by atoms with Gasteiger partial charge in [-0.1, -0.05) is 24.3 Å². The monoisotopic (exact) mass is 221 g/mol. The van der Waals surface area contributed by atoms with E-state index in [1.54, 1.807) is 13.8 Å². The van der Waals surface area contributed by atoms with E-state index >= 15 is 0 Å². The molecule has 1 aromatic rings. The van der Waals surface area contributed by atoms with E-state index in [1.165, 1.54) is 0 Å². The van der Waals surface area contributed by atoms with E-state index in [2.05, 4.69) is 0 Å². The Balaban J connectivity index is 2.80. The molecular formula is C13H19NO2. The van der Waals surface area contributed by atoms with Gasteiger partial charge in [-0.15, -0.1) is 0 Å². The number of carbonyl (C=O) groups excluding carboxylic acids is 1. The van der Waals surface area contributed by atoms with Crippen LogP contribution in [0.3, 0.4) is 0 Å². The van der Waals surface area contributed by atoms with Crippen LogP contribution >= 0.6 is 0 Å². The summed E-state index contributed by atoms with van der Waals surface area (Å²) >= 11 is 0. The highest BCUT2D eigenvalue weighted by Gasteiger charge is 2.30. The molecule has 1 aromatic carbocycles. The molecule has 0 aromatic heterocycles. The molecule has 3 heteroatoms. The molecule has 0 radical (unpaired) electrons. The highest BCUT2D eigenvalue weighted by atomic mass is 16.5. The highest BCUT2D eigenvalue weighted by Crippen LogP contribution is 2.15. The second-order valence-corrected chi connectivity index (χ2v) is 4.24. The average Bonchev–Trinajstić information content (AvgIpc) is 2.21. The highest BCUT2D eigenvalue weighted by molar-refractivity contribution is 5.80. The van der Waals surface area contributed by atoms with Crippen LogP contribution in [0.2, 0.25) is 0 Å². The molecule has 0 unspecified atom stereocenters. The number of hydrogen-bond donors (Lipinski definition) is 1. The summed E-state index contributed by atoms with van der Waals surface area (Å²) in [6.45, 7) is 5.86. The van der Waals surface area contributed by atoms with Gasteiger partial charge in [-0.3, -0.25) is 4.79 Å². The predicted octanol–water partition coefficient (Wildman–Crippen LogP) is 1.82. The van der Waals surface area contributed by atoms with Crippen LogP contribution in [-0.4, -0.2) is 18.1 Å². The molecule has 0 aliphatic carbocycles. The molecule has 0 aliphatic heterocycles. The molecule has 0 saturated carbocycles. The Morgan fingerprint density at radius 2 is 2.06 bits per heavy atom. The van der Waals surface area contributed by atoms with E-state index in [0.717, 1.165) is 11.1 Å². The van der Waals surface area contributed by atoms with E-state index in [9.17, 15) is 4.79 Å². The molecule has 0 spiro atoms. The number of hydrogen-bond acceptors (Lipinski definition) is 3. The first-order valence-electron chi connectivity index (χ1n) is 5.48. The van der Waals surface area contributed by atoms with Gasteiger partial charge in [0.2, 0.25) is 0 Å². The topological polar surface area (TPSA) is 52.3 Å². The van der Waals surface area contributed by atoms with Gasteiger partial charge in [-0.05, 0) is 31.9 Å². The normalized spacial score (nSPS) is 14.2. The Morgan fingerprint density at radius 3 is 2.62 bits per heavy atom. The maximum atomic E-state index is 11.6. The lowest BCUT2D eigenvalue weighted by Crippen LogP contribution is -2.48. The maximum Gasteiger partial charge on any atom is 0.326 e. The van der Waals surface area contributed by atoms with E-state index in [4.69, 9.17) is 10.5 Å². The molecule has 0 aliphatic rings. The van der Waals surface area contributed by atoms with Crippen molar-refractivity contribution in [3.63, 3.8) is 0 Å². The van der Waals surface area contributed by atoms with Crippen molar-refractivity contribution in [1.82, 2.24) is 0 Å². The minimum atomic E-state index is -0.956. The van der Waals surface area contributed by atoms with Crippen LogP contribution in [0.1, 0.15) is 25.0 Å².